The zero-order chi connectivity index (χ0) is 14.2. The van der Waals surface area contributed by atoms with Crippen LogP contribution in [0.25, 0.3) is 0 Å². The lowest BCUT2D eigenvalue weighted by atomic mass is 9.93. The maximum atomic E-state index is 4.71. The molecule has 0 atom stereocenters. The summed E-state index contributed by atoms with van der Waals surface area (Å²) in [6.45, 7) is 8.28. The van der Waals surface area contributed by atoms with E-state index in [9.17, 15) is 0 Å². The molecular weight excluding hydrogens is 268 g/mol. The third-order valence-electron chi connectivity index (χ3n) is 3.48. The van der Waals surface area contributed by atoms with Gasteiger partial charge in [-0.25, -0.2) is 4.98 Å². The second-order valence-electron chi connectivity index (χ2n) is 6.58. The third kappa shape index (κ3) is 3.46. The molecule has 0 aliphatic heterocycles. The molecule has 0 aromatic carbocycles. The van der Waals surface area contributed by atoms with Crippen LogP contribution in [-0.4, -0.2) is 20.8 Å². The lowest BCUT2D eigenvalue weighted by Crippen LogP contribution is -2.14. The Balaban J connectivity index is 1.60. The zero-order valence-electron chi connectivity index (χ0n) is 12.4. The molecule has 1 aliphatic carbocycles. The molecule has 5 heteroatoms. The van der Waals surface area contributed by atoms with E-state index in [-0.39, 0.29) is 5.41 Å². The highest BCUT2D eigenvalue weighted by Gasteiger charge is 2.20. The zero-order valence-corrected chi connectivity index (χ0v) is 13.2. The summed E-state index contributed by atoms with van der Waals surface area (Å²) in [7, 11) is 0. The molecule has 0 unspecified atom stereocenters. The quantitative estimate of drug-likeness (QED) is 0.920. The molecule has 20 heavy (non-hydrogen) atoms. The van der Waals surface area contributed by atoms with E-state index in [1.54, 1.807) is 11.3 Å². The Morgan fingerprint density at radius 2 is 2.20 bits per heavy atom. The predicted molar refractivity (Wildman–Crippen MR) is 82.0 cm³/mol. The average Bonchev–Trinajstić information content (AvgIpc) is 2.89. The van der Waals surface area contributed by atoms with Crippen molar-refractivity contribution in [2.75, 3.05) is 0 Å². The number of aromatic nitrogens is 3. The molecule has 1 N–H and O–H groups in total. The molecule has 1 fully saturated rings. The van der Waals surface area contributed by atoms with Gasteiger partial charge in [0.2, 0.25) is 0 Å². The summed E-state index contributed by atoms with van der Waals surface area (Å²) < 4.78 is 1.98. The third-order valence-corrected chi connectivity index (χ3v) is 4.31. The Kier molecular flexibility index (Phi) is 3.65. The van der Waals surface area contributed by atoms with Gasteiger partial charge in [-0.1, -0.05) is 20.8 Å². The lowest BCUT2D eigenvalue weighted by molar-refractivity contribution is 0.567. The Hall–Kier alpha value is -1.20. The Morgan fingerprint density at radius 1 is 1.40 bits per heavy atom. The van der Waals surface area contributed by atoms with Crippen LogP contribution >= 0.6 is 11.3 Å². The monoisotopic (exact) mass is 290 g/mol. The van der Waals surface area contributed by atoms with Crippen LogP contribution in [-0.2, 0) is 18.5 Å². The molecule has 0 radical (unpaired) electrons. The van der Waals surface area contributed by atoms with Gasteiger partial charge in [-0.15, -0.1) is 11.3 Å². The molecule has 4 nitrogen and oxygen atoms in total. The fourth-order valence-electron chi connectivity index (χ4n) is 2.00. The molecule has 0 saturated heterocycles. The molecule has 0 bridgehead atoms. The van der Waals surface area contributed by atoms with E-state index in [2.05, 4.69) is 42.8 Å². The molecular formula is C15H22N4S. The Labute approximate surface area is 124 Å². The van der Waals surface area contributed by atoms with Gasteiger partial charge >= 0.3 is 0 Å². The number of nitrogens with zero attached hydrogens (tertiary/aromatic N) is 3. The number of rotatable bonds is 5. The largest absolute Gasteiger partial charge is 0.310 e. The highest BCUT2D eigenvalue weighted by Crippen LogP contribution is 2.24. The van der Waals surface area contributed by atoms with Gasteiger partial charge in [0.1, 0.15) is 5.01 Å². The number of hydrogen-bond donors (Lipinski definition) is 1. The topological polar surface area (TPSA) is 42.7 Å². The summed E-state index contributed by atoms with van der Waals surface area (Å²) >= 11 is 1.72. The van der Waals surface area contributed by atoms with Gasteiger partial charge in [-0.2, -0.15) is 5.10 Å². The van der Waals surface area contributed by atoms with Crippen LogP contribution in [0.5, 0.6) is 0 Å². The fourth-order valence-corrected chi connectivity index (χ4v) is 3.01. The first-order valence-electron chi connectivity index (χ1n) is 7.20. The van der Waals surface area contributed by atoms with Crippen LogP contribution in [0.3, 0.4) is 0 Å². The molecule has 2 heterocycles. The lowest BCUT2D eigenvalue weighted by Gasteiger charge is -2.14. The molecule has 3 rings (SSSR count). The van der Waals surface area contributed by atoms with Crippen molar-refractivity contribution in [2.45, 2.75) is 58.2 Å². The summed E-state index contributed by atoms with van der Waals surface area (Å²) in [4.78, 5) is 4.71. The van der Waals surface area contributed by atoms with Gasteiger partial charge in [-0.3, -0.25) is 4.68 Å². The van der Waals surface area contributed by atoms with Crippen LogP contribution < -0.4 is 5.32 Å². The van der Waals surface area contributed by atoms with Crippen LogP contribution in [0.1, 0.15) is 49.9 Å². The summed E-state index contributed by atoms with van der Waals surface area (Å²) in [6.07, 6.45) is 6.72. The van der Waals surface area contributed by atoms with Crippen molar-refractivity contribution in [2.24, 2.45) is 0 Å². The molecule has 2 aromatic rings. The van der Waals surface area contributed by atoms with E-state index in [1.807, 2.05) is 10.9 Å². The van der Waals surface area contributed by atoms with Crippen molar-refractivity contribution in [1.82, 2.24) is 20.1 Å². The van der Waals surface area contributed by atoms with Crippen molar-refractivity contribution >= 4 is 11.3 Å². The van der Waals surface area contributed by atoms with E-state index in [0.29, 0.717) is 0 Å². The molecule has 2 aromatic heterocycles. The molecule has 1 saturated carbocycles. The standard InChI is InChI=1S/C15H22N4S/c1-15(2,3)13-10-20-14(18-13)9-19-8-11(7-17-19)6-16-12-4-5-12/h7-8,10,12,16H,4-6,9H2,1-3H3. The minimum absolute atomic E-state index is 0.123. The van der Waals surface area contributed by atoms with Crippen LogP contribution in [0.4, 0.5) is 0 Å². The van der Waals surface area contributed by atoms with Crippen molar-refractivity contribution in [1.29, 1.82) is 0 Å². The summed E-state index contributed by atoms with van der Waals surface area (Å²) in [5.41, 5.74) is 2.54. The SMILES string of the molecule is CC(C)(C)c1csc(Cn2cc(CNC3CC3)cn2)n1. The van der Waals surface area contributed by atoms with Gasteiger partial charge < -0.3 is 5.32 Å². The average molecular weight is 290 g/mol. The number of hydrogen-bond acceptors (Lipinski definition) is 4. The number of nitrogens with one attached hydrogen (secondary N) is 1. The summed E-state index contributed by atoms with van der Waals surface area (Å²) in [5.74, 6) is 0. The molecule has 0 spiro atoms. The maximum absolute atomic E-state index is 4.71. The minimum atomic E-state index is 0.123. The van der Waals surface area contributed by atoms with E-state index in [1.165, 1.54) is 24.1 Å². The van der Waals surface area contributed by atoms with Crippen LogP contribution in [0.2, 0.25) is 0 Å². The first-order chi connectivity index (χ1) is 9.50. The van der Waals surface area contributed by atoms with E-state index in [4.69, 9.17) is 4.98 Å². The van der Waals surface area contributed by atoms with Gasteiger partial charge in [-0.05, 0) is 12.8 Å². The van der Waals surface area contributed by atoms with Crippen LogP contribution in [0.15, 0.2) is 17.8 Å². The fraction of sp³-hybridized carbons (Fsp3) is 0.600. The number of thiazole rings is 1. The normalized spacial score (nSPS) is 15.8. The van der Waals surface area contributed by atoms with E-state index < -0.39 is 0 Å². The van der Waals surface area contributed by atoms with Crippen molar-refractivity contribution < 1.29 is 0 Å². The van der Waals surface area contributed by atoms with Gasteiger partial charge in [0.25, 0.3) is 0 Å². The summed E-state index contributed by atoms with van der Waals surface area (Å²) in [6, 6.07) is 0.742. The van der Waals surface area contributed by atoms with E-state index in [0.717, 1.165) is 24.1 Å². The van der Waals surface area contributed by atoms with Gasteiger partial charge in [0, 0.05) is 35.1 Å². The van der Waals surface area contributed by atoms with Crippen molar-refractivity contribution in [3.8, 4) is 0 Å². The van der Waals surface area contributed by atoms with Crippen LogP contribution in [0, 0.1) is 0 Å². The smallest absolute Gasteiger partial charge is 0.114 e. The summed E-state index contributed by atoms with van der Waals surface area (Å²) in [5, 5.41) is 11.2. The second-order valence-corrected chi connectivity index (χ2v) is 7.52. The maximum Gasteiger partial charge on any atom is 0.114 e. The Morgan fingerprint density at radius 3 is 2.85 bits per heavy atom. The second kappa shape index (κ2) is 5.30. The Bertz CT molecular complexity index is 575. The first-order valence-corrected chi connectivity index (χ1v) is 8.08. The highest BCUT2D eigenvalue weighted by atomic mass is 32.1. The van der Waals surface area contributed by atoms with E-state index >= 15 is 0 Å². The van der Waals surface area contributed by atoms with Gasteiger partial charge in [0.15, 0.2) is 0 Å². The molecule has 108 valence electrons. The highest BCUT2D eigenvalue weighted by molar-refractivity contribution is 7.09. The predicted octanol–water partition coefficient (Wildman–Crippen LogP) is 2.94. The van der Waals surface area contributed by atoms with Crippen molar-refractivity contribution in [3.05, 3.63) is 34.0 Å². The van der Waals surface area contributed by atoms with Crippen molar-refractivity contribution in [3.63, 3.8) is 0 Å². The minimum Gasteiger partial charge on any atom is -0.310 e. The van der Waals surface area contributed by atoms with Gasteiger partial charge in [0.05, 0.1) is 18.4 Å². The molecule has 0 amide bonds. The molecule has 1 aliphatic rings. The first kappa shape index (κ1) is 13.8.